The number of nitrogens with zero attached hydrogens (tertiary/aromatic N) is 1. The van der Waals surface area contributed by atoms with Crippen molar-refractivity contribution in [3.05, 3.63) is 65.7 Å². The lowest BCUT2D eigenvalue weighted by atomic mass is 9.80. The SMILES string of the molecule is COc1ccc(C2(O)CC3CCC(C2)N3CC(=O)NCCc2ccccc2)cc1. The maximum Gasteiger partial charge on any atom is 0.234 e. The molecule has 2 atom stereocenters. The summed E-state index contributed by atoms with van der Waals surface area (Å²) in [4.78, 5) is 14.8. The number of piperidine rings is 1. The second-order valence-corrected chi connectivity index (χ2v) is 8.31. The lowest BCUT2D eigenvalue weighted by Gasteiger charge is -2.43. The molecule has 2 bridgehead atoms. The van der Waals surface area contributed by atoms with E-state index in [0.29, 0.717) is 25.9 Å². The predicted molar refractivity (Wildman–Crippen MR) is 113 cm³/mol. The van der Waals surface area contributed by atoms with Gasteiger partial charge in [0.1, 0.15) is 5.75 Å². The van der Waals surface area contributed by atoms with E-state index < -0.39 is 5.60 Å². The molecule has 2 heterocycles. The summed E-state index contributed by atoms with van der Waals surface area (Å²) in [5.41, 5.74) is 1.36. The van der Waals surface area contributed by atoms with Gasteiger partial charge >= 0.3 is 0 Å². The molecule has 154 valence electrons. The number of rotatable bonds is 7. The number of fused-ring (bicyclic) bond motifs is 2. The molecule has 0 saturated carbocycles. The van der Waals surface area contributed by atoms with Gasteiger partial charge in [-0.2, -0.15) is 0 Å². The zero-order valence-electron chi connectivity index (χ0n) is 17.0. The molecule has 2 saturated heterocycles. The molecule has 5 heteroatoms. The van der Waals surface area contributed by atoms with Gasteiger partial charge in [-0.05, 0) is 55.4 Å². The summed E-state index contributed by atoms with van der Waals surface area (Å²) in [6, 6.07) is 18.4. The fraction of sp³-hybridized carbons (Fsp3) is 0.458. The number of ether oxygens (including phenoxy) is 1. The Labute approximate surface area is 172 Å². The Morgan fingerprint density at radius 3 is 2.38 bits per heavy atom. The van der Waals surface area contributed by atoms with Crippen molar-refractivity contribution in [3.63, 3.8) is 0 Å². The van der Waals surface area contributed by atoms with E-state index in [9.17, 15) is 9.90 Å². The fourth-order valence-corrected chi connectivity index (χ4v) is 4.92. The van der Waals surface area contributed by atoms with E-state index in [1.807, 2.05) is 42.5 Å². The molecule has 2 N–H and O–H groups in total. The van der Waals surface area contributed by atoms with Gasteiger partial charge in [-0.15, -0.1) is 0 Å². The Hall–Kier alpha value is -2.37. The number of benzene rings is 2. The quantitative estimate of drug-likeness (QED) is 0.758. The van der Waals surface area contributed by atoms with Gasteiger partial charge in [-0.25, -0.2) is 0 Å². The number of amides is 1. The monoisotopic (exact) mass is 394 g/mol. The molecule has 29 heavy (non-hydrogen) atoms. The highest BCUT2D eigenvalue weighted by Gasteiger charge is 2.48. The molecule has 0 spiro atoms. The third kappa shape index (κ3) is 4.46. The van der Waals surface area contributed by atoms with Crippen LogP contribution >= 0.6 is 0 Å². The first-order valence-corrected chi connectivity index (χ1v) is 10.5. The van der Waals surface area contributed by atoms with Crippen molar-refractivity contribution in [2.75, 3.05) is 20.2 Å². The molecular formula is C24H30N2O3. The van der Waals surface area contributed by atoms with Crippen molar-refractivity contribution in [2.45, 2.75) is 49.8 Å². The summed E-state index contributed by atoms with van der Waals surface area (Å²) >= 11 is 0. The van der Waals surface area contributed by atoms with E-state index in [-0.39, 0.29) is 18.0 Å². The van der Waals surface area contributed by atoms with Crippen molar-refractivity contribution >= 4 is 5.91 Å². The number of hydrogen-bond donors (Lipinski definition) is 2. The summed E-state index contributed by atoms with van der Waals surface area (Å²) in [7, 11) is 1.65. The second-order valence-electron chi connectivity index (χ2n) is 8.31. The second kappa shape index (κ2) is 8.56. The summed E-state index contributed by atoms with van der Waals surface area (Å²) in [5.74, 6) is 0.873. The molecular weight excluding hydrogens is 364 g/mol. The van der Waals surface area contributed by atoms with Gasteiger partial charge in [0.05, 0.1) is 19.3 Å². The molecule has 5 nitrogen and oxygen atoms in total. The Balaban J connectivity index is 1.32. The highest BCUT2D eigenvalue weighted by atomic mass is 16.5. The van der Waals surface area contributed by atoms with E-state index >= 15 is 0 Å². The number of carbonyl (C=O) groups is 1. The molecule has 0 aromatic heterocycles. The average Bonchev–Trinajstić information content (AvgIpc) is 2.98. The van der Waals surface area contributed by atoms with Crippen LogP contribution in [-0.2, 0) is 16.8 Å². The molecule has 2 aliphatic rings. The zero-order chi connectivity index (χ0) is 20.3. The van der Waals surface area contributed by atoms with Gasteiger partial charge in [0.25, 0.3) is 0 Å². The first-order chi connectivity index (χ1) is 14.1. The molecule has 2 aromatic rings. The van der Waals surface area contributed by atoms with E-state index in [1.165, 1.54) is 5.56 Å². The number of carbonyl (C=O) groups excluding carboxylic acids is 1. The average molecular weight is 395 g/mol. The minimum atomic E-state index is -0.821. The van der Waals surface area contributed by atoms with E-state index in [2.05, 4.69) is 22.3 Å². The summed E-state index contributed by atoms with van der Waals surface area (Å²) in [5, 5.41) is 14.4. The van der Waals surface area contributed by atoms with E-state index in [0.717, 1.165) is 30.6 Å². The zero-order valence-corrected chi connectivity index (χ0v) is 17.0. The first-order valence-electron chi connectivity index (χ1n) is 10.5. The van der Waals surface area contributed by atoms with Crippen LogP contribution < -0.4 is 10.1 Å². The van der Waals surface area contributed by atoms with E-state index in [4.69, 9.17) is 4.74 Å². The standard InChI is InChI=1S/C24H30N2O3/c1-29-22-11-7-19(8-12-22)24(28)15-20-9-10-21(16-24)26(20)17-23(27)25-14-13-18-5-3-2-4-6-18/h2-8,11-12,20-21,28H,9-10,13-17H2,1H3,(H,25,27). The fourth-order valence-electron chi connectivity index (χ4n) is 4.92. The smallest absolute Gasteiger partial charge is 0.234 e. The molecule has 2 aromatic carbocycles. The summed E-state index contributed by atoms with van der Waals surface area (Å²) in [6.45, 7) is 1.07. The largest absolute Gasteiger partial charge is 0.497 e. The van der Waals surface area contributed by atoms with Gasteiger partial charge < -0.3 is 15.2 Å². The lowest BCUT2D eigenvalue weighted by Crippen LogP contribution is -2.52. The Kier molecular flexibility index (Phi) is 5.88. The predicted octanol–water partition coefficient (Wildman–Crippen LogP) is 2.87. The van der Waals surface area contributed by atoms with Gasteiger partial charge in [0, 0.05) is 18.6 Å². The maximum atomic E-state index is 12.5. The number of methoxy groups -OCH3 is 1. The Morgan fingerprint density at radius 1 is 1.10 bits per heavy atom. The van der Waals surface area contributed by atoms with Crippen molar-refractivity contribution in [2.24, 2.45) is 0 Å². The molecule has 4 rings (SSSR count). The van der Waals surface area contributed by atoms with Gasteiger partial charge in [0.15, 0.2) is 0 Å². The molecule has 2 unspecified atom stereocenters. The topological polar surface area (TPSA) is 61.8 Å². The minimum Gasteiger partial charge on any atom is -0.497 e. The van der Waals surface area contributed by atoms with Crippen LogP contribution in [0.3, 0.4) is 0 Å². The van der Waals surface area contributed by atoms with Gasteiger partial charge in [0.2, 0.25) is 5.91 Å². The third-order valence-electron chi connectivity index (χ3n) is 6.45. The van der Waals surface area contributed by atoms with Crippen LogP contribution in [-0.4, -0.2) is 48.2 Å². The first kappa shape index (κ1) is 19.9. The van der Waals surface area contributed by atoms with Crippen LogP contribution in [0.25, 0.3) is 0 Å². The Morgan fingerprint density at radius 2 is 1.76 bits per heavy atom. The van der Waals surface area contributed by atoms with Gasteiger partial charge in [-0.1, -0.05) is 42.5 Å². The highest BCUT2D eigenvalue weighted by molar-refractivity contribution is 5.78. The van der Waals surface area contributed by atoms with Crippen molar-refractivity contribution in [1.82, 2.24) is 10.2 Å². The normalized spacial score (nSPS) is 26.3. The lowest BCUT2D eigenvalue weighted by molar-refractivity contribution is -0.125. The number of nitrogens with one attached hydrogen (secondary N) is 1. The molecule has 2 fully saturated rings. The van der Waals surface area contributed by atoms with Crippen LogP contribution in [0, 0.1) is 0 Å². The van der Waals surface area contributed by atoms with Crippen LogP contribution in [0.15, 0.2) is 54.6 Å². The van der Waals surface area contributed by atoms with Crippen LogP contribution in [0.5, 0.6) is 5.75 Å². The van der Waals surface area contributed by atoms with Crippen molar-refractivity contribution in [3.8, 4) is 5.75 Å². The minimum absolute atomic E-state index is 0.0766. The van der Waals surface area contributed by atoms with E-state index in [1.54, 1.807) is 7.11 Å². The molecule has 2 aliphatic heterocycles. The van der Waals surface area contributed by atoms with Crippen LogP contribution in [0.1, 0.15) is 36.8 Å². The molecule has 0 radical (unpaired) electrons. The molecule has 1 amide bonds. The number of hydrogen-bond acceptors (Lipinski definition) is 4. The maximum absolute atomic E-state index is 12.5. The van der Waals surface area contributed by atoms with Crippen molar-refractivity contribution < 1.29 is 14.6 Å². The highest BCUT2D eigenvalue weighted by Crippen LogP contribution is 2.45. The van der Waals surface area contributed by atoms with Crippen molar-refractivity contribution in [1.29, 1.82) is 0 Å². The number of aliphatic hydroxyl groups is 1. The Bertz CT molecular complexity index is 808. The van der Waals surface area contributed by atoms with Crippen LogP contribution in [0.2, 0.25) is 0 Å². The summed E-state index contributed by atoms with van der Waals surface area (Å²) in [6.07, 6.45) is 4.28. The van der Waals surface area contributed by atoms with Gasteiger partial charge in [-0.3, -0.25) is 9.69 Å². The third-order valence-corrected chi connectivity index (χ3v) is 6.45. The van der Waals surface area contributed by atoms with Crippen LogP contribution in [0.4, 0.5) is 0 Å². The molecule has 0 aliphatic carbocycles. The summed E-state index contributed by atoms with van der Waals surface area (Å²) < 4.78 is 5.23.